The van der Waals surface area contributed by atoms with E-state index in [0.717, 1.165) is 30.2 Å². The topological polar surface area (TPSA) is 93.9 Å². The highest BCUT2D eigenvalue weighted by molar-refractivity contribution is 7.91. The fourth-order valence-corrected chi connectivity index (χ4v) is 5.44. The highest BCUT2D eigenvalue weighted by Crippen LogP contribution is 2.29. The van der Waals surface area contributed by atoms with Crippen molar-refractivity contribution in [1.29, 1.82) is 0 Å². The Morgan fingerprint density at radius 3 is 2.76 bits per heavy atom. The molecule has 29 heavy (non-hydrogen) atoms. The molecule has 1 fully saturated rings. The van der Waals surface area contributed by atoms with E-state index in [1.807, 2.05) is 6.07 Å². The highest BCUT2D eigenvalue weighted by Gasteiger charge is 2.32. The van der Waals surface area contributed by atoms with Gasteiger partial charge in [-0.1, -0.05) is 13.3 Å². The fourth-order valence-electron chi connectivity index (χ4n) is 3.66. The Balaban J connectivity index is 1.76. The zero-order valence-electron chi connectivity index (χ0n) is 17.1. The predicted octanol–water partition coefficient (Wildman–Crippen LogP) is 2.47. The van der Waals surface area contributed by atoms with E-state index < -0.39 is 15.5 Å². The molecule has 0 radical (unpaired) electrons. The zero-order valence-corrected chi connectivity index (χ0v) is 17.9. The number of benzene rings is 1. The van der Waals surface area contributed by atoms with E-state index in [0.29, 0.717) is 23.3 Å². The van der Waals surface area contributed by atoms with Crippen molar-refractivity contribution in [3.63, 3.8) is 0 Å². The Hall–Kier alpha value is -2.35. The van der Waals surface area contributed by atoms with Gasteiger partial charge in [0, 0.05) is 30.1 Å². The average Bonchev–Trinajstić information content (AvgIpc) is 3.04. The van der Waals surface area contributed by atoms with Gasteiger partial charge in [0.2, 0.25) is 0 Å². The summed E-state index contributed by atoms with van der Waals surface area (Å²) in [5.74, 6) is 0.286. The maximum absolute atomic E-state index is 12.4. The van der Waals surface area contributed by atoms with Gasteiger partial charge in [0.25, 0.3) is 5.91 Å². The first-order valence-electron chi connectivity index (χ1n) is 9.87. The van der Waals surface area contributed by atoms with Crippen LogP contribution in [0.1, 0.15) is 37.3 Å². The number of ether oxygens (including phenoxy) is 1. The summed E-state index contributed by atoms with van der Waals surface area (Å²) in [6.07, 6.45) is 3.25. The first kappa shape index (κ1) is 21.4. The lowest BCUT2D eigenvalue weighted by atomic mass is 10.0. The van der Waals surface area contributed by atoms with Crippen molar-refractivity contribution < 1.29 is 22.4 Å². The van der Waals surface area contributed by atoms with Crippen LogP contribution in [0, 0.1) is 6.92 Å². The Labute approximate surface area is 170 Å². The van der Waals surface area contributed by atoms with Gasteiger partial charge in [-0.15, -0.1) is 0 Å². The number of amides is 1. The SMILES string of the molecule is CCCCc1cc(=O)oc2c(C)c(OCC(=O)N(C)[C@@H]3CCS(=O)(=O)C3)ccc12. The van der Waals surface area contributed by atoms with E-state index >= 15 is 0 Å². The molecule has 0 N–H and O–H groups in total. The number of likely N-dealkylation sites (N-methyl/N-ethyl adjacent to an activating group) is 1. The van der Waals surface area contributed by atoms with Gasteiger partial charge < -0.3 is 14.1 Å². The number of aryl methyl sites for hydroxylation is 2. The smallest absolute Gasteiger partial charge is 0.336 e. The number of hydrogen-bond acceptors (Lipinski definition) is 6. The van der Waals surface area contributed by atoms with Crippen LogP contribution < -0.4 is 10.4 Å². The third kappa shape index (κ3) is 4.80. The standard InChI is InChI=1S/C21H27NO6S/c1-4-5-6-15-11-20(24)28-21-14(2)18(8-7-17(15)21)27-12-19(23)22(3)16-9-10-29(25,26)13-16/h7-8,11,16H,4-6,9-10,12-13H2,1-3H3/t16-/m1/s1. The summed E-state index contributed by atoms with van der Waals surface area (Å²) in [5, 5.41) is 0.877. The minimum Gasteiger partial charge on any atom is -0.483 e. The second-order valence-corrected chi connectivity index (χ2v) is 9.84. The van der Waals surface area contributed by atoms with E-state index in [1.54, 1.807) is 20.0 Å². The van der Waals surface area contributed by atoms with Crippen molar-refractivity contribution in [3.8, 4) is 5.75 Å². The van der Waals surface area contributed by atoms with Gasteiger partial charge in [-0.3, -0.25) is 4.79 Å². The molecule has 0 spiro atoms. The molecule has 1 amide bonds. The maximum Gasteiger partial charge on any atom is 0.336 e. The summed E-state index contributed by atoms with van der Waals surface area (Å²) in [6, 6.07) is 4.85. The lowest BCUT2D eigenvalue weighted by Gasteiger charge is -2.23. The number of hydrogen-bond donors (Lipinski definition) is 0. The van der Waals surface area contributed by atoms with Crippen molar-refractivity contribution in [2.24, 2.45) is 0 Å². The van der Waals surface area contributed by atoms with Crippen molar-refractivity contribution in [2.75, 3.05) is 25.2 Å². The summed E-state index contributed by atoms with van der Waals surface area (Å²) < 4.78 is 34.4. The van der Waals surface area contributed by atoms with E-state index in [4.69, 9.17) is 9.15 Å². The first-order chi connectivity index (χ1) is 13.7. The molecule has 0 bridgehead atoms. The Kier molecular flexibility index (Phi) is 6.31. The van der Waals surface area contributed by atoms with E-state index in [1.165, 1.54) is 11.0 Å². The number of carbonyl (C=O) groups is 1. The lowest BCUT2D eigenvalue weighted by Crippen LogP contribution is -2.40. The molecular weight excluding hydrogens is 394 g/mol. The van der Waals surface area contributed by atoms with Gasteiger partial charge in [-0.05, 0) is 43.9 Å². The Bertz CT molecular complexity index is 1070. The number of unbranched alkanes of at least 4 members (excludes halogenated alkanes) is 1. The van der Waals surface area contributed by atoms with Crippen LogP contribution in [0.4, 0.5) is 0 Å². The normalized spacial score (nSPS) is 18.1. The first-order valence-corrected chi connectivity index (χ1v) is 11.7. The number of sulfone groups is 1. The molecule has 0 unspecified atom stereocenters. The van der Waals surface area contributed by atoms with Crippen LogP contribution in [0.3, 0.4) is 0 Å². The molecule has 7 nitrogen and oxygen atoms in total. The van der Waals surface area contributed by atoms with Gasteiger partial charge in [0.1, 0.15) is 11.3 Å². The summed E-state index contributed by atoms with van der Waals surface area (Å²) in [5.41, 5.74) is 1.69. The molecule has 0 aliphatic carbocycles. The van der Waals surface area contributed by atoms with Crippen molar-refractivity contribution in [2.45, 2.75) is 45.6 Å². The van der Waals surface area contributed by atoms with Crippen LogP contribution in [-0.4, -0.2) is 50.4 Å². The summed E-state index contributed by atoms with van der Waals surface area (Å²) >= 11 is 0. The quantitative estimate of drug-likeness (QED) is 0.638. The van der Waals surface area contributed by atoms with Crippen LogP contribution in [0.25, 0.3) is 11.0 Å². The predicted molar refractivity (Wildman–Crippen MR) is 111 cm³/mol. The summed E-state index contributed by atoms with van der Waals surface area (Å²) in [7, 11) is -1.46. The van der Waals surface area contributed by atoms with Crippen LogP contribution in [0.2, 0.25) is 0 Å². The molecule has 158 valence electrons. The number of rotatable bonds is 7. The fraction of sp³-hybridized carbons (Fsp3) is 0.524. The largest absolute Gasteiger partial charge is 0.483 e. The van der Waals surface area contributed by atoms with Gasteiger partial charge in [-0.25, -0.2) is 13.2 Å². The molecule has 1 aromatic carbocycles. The van der Waals surface area contributed by atoms with Crippen LogP contribution in [0.5, 0.6) is 5.75 Å². The minimum absolute atomic E-state index is 0.00403. The van der Waals surface area contributed by atoms with E-state index in [-0.39, 0.29) is 30.1 Å². The van der Waals surface area contributed by atoms with Gasteiger partial charge in [0.05, 0.1) is 11.5 Å². The third-order valence-corrected chi connectivity index (χ3v) is 7.25. The van der Waals surface area contributed by atoms with Gasteiger partial charge in [-0.2, -0.15) is 0 Å². The van der Waals surface area contributed by atoms with E-state index in [2.05, 4.69) is 6.92 Å². The van der Waals surface area contributed by atoms with Crippen LogP contribution >= 0.6 is 0 Å². The molecular formula is C21H27NO6S. The van der Waals surface area contributed by atoms with Crippen LogP contribution in [-0.2, 0) is 21.1 Å². The van der Waals surface area contributed by atoms with Gasteiger partial charge in [0.15, 0.2) is 16.4 Å². The Morgan fingerprint density at radius 1 is 1.34 bits per heavy atom. The zero-order chi connectivity index (χ0) is 21.2. The van der Waals surface area contributed by atoms with Crippen molar-refractivity contribution >= 4 is 26.7 Å². The minimum atomic E-state index is -3.06. The molecule has 0 saturated carbocycles. The number of carbonyl (C=O) groups excluding carboxylic acids is 1. The molecule has 8 heteroatoms. The molecule has 2 heterocycles. The molecule has 2 aromatic rings. The maximum atomic E-state index is 12.4. The van der Waals surface area contributed by atoms with E-state index in [9.17, 15) is 18.0 Å². The number of fused-ring (bicyclic) bond motifs is 1. The lowest BCUT2D eigenvalue weighted by molar-refractivity contribution is -0.133. The van der Waals surface area contributed by atoms with Crippen LogP contribution in [0.15, 0.2) is 27.4 Å². The average molecular weight is 422 g/mol. The number of nitrogens with zero attached hydrogens (tertiary/aromatic N) is 1. The van der Waals surface area contributed by atoms with Gasteiger partial charge >= 0.3 is 5.63 Å². The molecule has 3 rings (SSSR count). The molecule has 1 saturated heterocycles. The summed E-state index contributed by atoms with van der Waals surface area (Å²) in [6.45, 7) is 3.68. The van der Waals surface area contributed by atoms with Crippen molar-refractivity contribution in [1.82, 2.24) is 4.90 Å². The second kappa shape index (κ2) is 8.57. The molecule has 1 aliphatic heterocycles. The highest BCUT2D eigenvalue weighted by atomic mass is 32.2. The molecule has 1 atom stereocenters. The Morgan fingerprint density at radius 2 is 2.10 bits per heavy atom. The summed E-state index contributed by atoms with van der Waals surface area (Å²) in [4.78, 5) is 25.9. The second-order valence-electron chi connectivity index (χ2n) is 7.61. The third-order valence-electron chi connectivity index (χ3n) is 5.50. The molecule has 1 aromatic heterocycles. The monoisotopic (exact) mass is 421 g/mol. The van der Waals surface area contributed by atoms with Crippen molar-refractivity contribution in [3.05, 3.63) is 39.7 Å². The molecule has 1 aliphatic rings.